The summed E-state index contributed by atoms with van der Waals surface area (Å²) >= 11 is -1.02. The van der Waals surface area contributed by atoms with Gasteiger partial charge in [0.15, 0.2) is 11.5 Å². The highest BCUT2D eigenvalue weighted by Gasteiger charge is 2.27. The molecule has 0 saturated carbocycles. The van der Waals surface area contributed by atoms with Gasteiger partial charge >= 0.3 is 0 Å². The van der Waals surface area contributed by atoms with Gasteiger partial charge in [0.2, 0.25) is 6.29 Å². The van der Waals surface area contributed by atoms with Crippen LogP contribution in [0.3, 0.4) is 0 Å². The lowest BCUT2D eigenvalue weighted by molar-refractivity contribution is 0.0678. The van der Waals surface area contributed by atoms with E-state index in [1.807, 2.05) is 39.8 Å². The molecule has 1 heterocycles. The van der Waals surface area contributed by atoms with Crippen LogP contribution in [0.5, 0.6) is 11.5 Å². The second-order valence-electron chi connectivity index (χ2n) is 6.52. The van der Waals surface area contributed by atoms with Crippen molar-refractivity contribution in [2.45, 2.75) is 64.5 Å². The van der Waals surface area contributed by atoms with Gasteiger partial charge in [-0.1, -0.05) is 6.07 Å². The van der Waals surface area contributed by atoms with Crippen LogP contribution in [-0.4, -0.2) is 21.6 Å². The van der Waals surface area contributed by atoms with Crippen molar-refractivity contribution < 1.29 is 14.0 Å². The quantitative estimate of drug-likeness (QED) is 0.849. The number of rotatable bonds is 5. The molecule has 0 fully saturated rings. The second kappa shape index (κ2) is 6.46. The van der Waals surface area contributed by atoms with E-state index in [4.69, 9.17) is 9.47 Å². The van der Waals surface area contributed by atoms with Crippen molar-refractivity contribution in [1.82, 2.24) is 4.72 Å². The van der Waals surface area contributed by atoms with Gasteiger partial charge in [0.05, 0.1) is 6.04 Å². The molecule has 1 N–H and O–H groups in total. The summed E-state index contributed by atoms with van der Waals surface area (Å²) in [6.45, 7) is 9.87. The first-order valence-electron chi connectivity index (χ1n) is 7.40. The molecule has 0 saturated heterocycles. The van der Waals surface area contributed by atoms with Crippen LogP contribution in [0, 0.1) is 0 Å². The molecule has 0 radical (unpaired) electrons. The maximum absolute atomic E-state index is 12.0. The van der Waals surface area contributed by atoms with E-state index in [-0.39, 0.29) is 17.1 Å². The van der Waals surface area contributed by atoms with E-state index in [0.29, 0.717) is 0 Å². The SMILES string of the molecule is CC1Oc2ccc(CC[C@@H](C)N[S@+]([O-])C(C)(C)C)cc2O1. The lowest BCUT2D eigenvalue weighted by Crippen LogP contribution is -2.43. The first-order valence-corrected chi connectivity index (χ1v) is 8.55. The minimum Gasteiger partial charge on any atom is -0.598 e. The molecule has 0 aliphatic carbocycles. The van der Waals surface area contributed by atoms with Gasteiger partial charge in [-0.25, -0.2) is 0 Å². The fourth-order valence-corrected chi connectivity index (χ4v) is 2.92. The highest BCUT2D eigenvalue weighted by atomic mass is 32.2. The summed E-state index contributed by atoms with van der Waals surface area (Å²) < 4.78 is 26.1. The molecule has 1 unspecified atom stereocenters. The van der Waals surface area contributed by atoms with Crippen LogP contribution in [0.25, 0.3) is 0 Å². The molecule has 0 amide bonds. The standard InChI is InChI=1S/C16H25NO3S/c1-11(17-21(18)16(3,4)5)6-7-13-8-9-14-15(10-13)20-12(2)19-14/h8-12,17H,6-7H2,1-5H3/t11-,12?,21-/m1/s1. The molecule has 0 spiro atoms. The molecule has 1 aromatic carbocycles. The molecule has 21 heavy (non-hydrogen) atoms. The van der Waals surface area contributed by atoms with Crippen LogP contribution in [-0.2, 0) is 17.8 Å². The van der Waals surface area contributed by atoms with Crippen LogP contribution in [0.1, 0.15) is 46.6 Å². The van der Waals surface area contributed by atoms with Gasteiger partial charge in [0.1, 0.15) is 4.75 Å². The van der Waals surface area contributed by atoms with Crippen molar-refractivity contribution in [3.63, 3.8) is 0 Å². The van der Waals surface area contributed by atoms with E-state index >= 15 is 0 Å². The number of benzene rings is 1. The van der Waals surface area contributed by atoms with Crippen molar-refractivity contribution in [3.8, 4) is 11.5 Å². The summed E-state index contributed by atoms with van der Waals surface area (Å²) in [6, 6.07) is 6.26. The maximum Gasteiger partial charge on any atom is 0.238 e. The van der Waals surface area contributed by atoms with Crippen molar-refractivity contribution in [3.05, 3.63) is 23.8 Å². The Labute approximate surface area is 130 Å². The number of aryl methyl sites for hydroxylation is 1. The molecule has 3 atom stereocenters. The number of hydrogen-bond acceptors (Lipinski definition) is 4. The Hall–Kier alpha value is -0.910. The molecular weight excluding hydrogens is 286 g/mol. The van der Waals surface area contributed by atoms with Crippen molar-refractivity contribution >= 4 is 11.4 Å². The zero-order valence-corrected chi connectivity index (χ0v) is 14.3. The Morgan fingerprint density at radius 2 is 1.95 bits per heavy atom. The number of nitrogens with one attached hydrogen (secondary N) is 1. The highest BCUT2D eigenvalue weighted by Crippen LogP contribution is 2.35. The van der Waals surface area contributed by atoms with E-state index in [9.17, 15) is 4.55 Å². The van der Waals surface area contributed by atoms with Crippen LogP contribution < -0.4 is 14.2 Å². The van der Waals surface area contributed by atoms with Crippen LogP contribution in [0.2, 0.25) is 0 Å². The van der Waals surface area contributed by atoms with Crippen LogP contribution in [0.15, 0.2) is 18.2 Å². The van der Waals surface area contributed by atoms with Crippen molar-refractivity contribution in [2.24, 2.45) is 0 Å². The third-order valence-corrected chi connectivity index (χ3v) is 5.05. The lowest BCUT2D eigenvalue weighted by Gasteiger charge is -2.26. The number of ether oxygens (including phenoxy) is 2. The molecule has 4 nitrogen and oxygen atoms in total. The smallest absolute Gasteiger partial charge is 0.238 e. The summed E-state index contributed by atoms with van der Waals surface area (Å²) in [5.41, 5.74) is 1.21. The van der Waals surface area contributed by atoms with Gasteiger partial charge in [-0.15, -0.1) is 4.72 Å². The molecule has 1 aromatic rings. The lowest BCUT2D eigenvalue weighted by atomic mass is 10.1. The largest absolute Gasteiger partial charge is 0.598 e. The third-order valence-electron chi connectivity index (χ3n) is 3.32. The maximum atomic E-state index is 12.0. The number of fused-ring (bicyclic) bond motifs is 1. The van der Waals surface area contributed by atoms with Gasteiger partial charge < -0.3 is 14.0 Å². The molecule has 1 aliphatic heterocycles. The summed E-state index contributed by atoms with van der Waals surface area (Å²) in [4.78, 5) is 0. The first-order chi connectivity index (χ1) is 9.75. The van der Waals surface area contributed by atoms with Gasteiger partial charge in [0, 0.05) is 18.3 Å². The van der Waals surface area contributed by atoms with Crippen LogP contribution in [0.4, 0.5) is 0 Å². The topological polar surface area (TPSA) is 53.5 Å². The fourth-order valence-electron chi connectivity index (χ4n) is 2.08. The highest BCUT2D eigenvalue weighted by molar-refractivity contribution is 7.90. The molecule has 118 valence electrons. The van der Waals surface area contributed by atoms with Gasteiger partial charge in [-0.05, 0) is 58.2 Å². The van der Waals surface area contributed by atoms with E-state index in [1.54, 1.807) is 0 Å². The monoisotopic (exact) mass is 311 g/mol. The zero-order chi connectivity index (χ0) is 15.6. The van der Waals surface area contributed by atoms with Gasteiger partial charge in [-0.3, -0.25) is 0 Å². The normalized spacial score (nSPS) is 20.4. The molecule has 0 bridgehead atoms. The Bertz CT molecular complexity index is 487. The summed E-state index contributed by atoms with van der Waals surface area (Å²) in [7, 11) is 0. The second-order valence-corrected chi connectivity index (χ2v) is 8.52. The summed E-state index contributed by atoms with van der Waals surface area (Å²) in [5.74, 6) is 1.63. The molecule has 0 aromatic heterocycles. The Kier molecular flexibility index (Phi) is 5.07. The minimum absolute atomic E-state index is 0.203. The van der Waals surface area contributed by atoms with E-state index in [1.165, 1.54) is 5.56 Å². The van der Waals surface area contributed by atoms with Gasteiger partial charge in [0.25, 0.3) is 0 Å². The predicted octanol–water partition coefficient (Wildman–Crippen LogP) is 3.18. The Morgan fingerprint density at radius 3 is 2.62 bits per heavy atom. The fraction of sp³-hybridized carbons (Fsp3) is 0.625. The predicted molar refractivity (Wildman–Crippen MR) is 86.0 cm³/mol. The Balaban J connectivity index is 1.85. The molecule has 2 rings (SSSR count). The minimum atomic E-state index is -1.02. The Morgan fingerprint density at radius 1 is 1.29 bits per heavy atom. The average molecular weight is 311 g/mol. The number of hydrogen-bond donors (Lipinski definition) is 1. The van der Waals surface area contributed by atoms with Gasteiger partial charge in [-0.2, -0.15) is 0 Å². The van der Waals surface area contributed by atoms with E-state index in [2.05, 4.69) is 17.7 Å². The zero-order valence-electron chi connectivity index (χ0n) is 13.4. The summed E-state index contributed by atoms with van der Waals surface area (Å²) in [6.07, 6.45) is 1.64. The molecule has 1 aliphatic rings. The van der Waals surface area contributed by atoms with Crippen molar-refractivity contribution in [2.75, 3.05) is 0 Å². The molecule has 5 heteroatoms. The first kappa shape index (κ1) is 16.5. The summed E-state index contributed by atoms with van der Waals surface area (Å²) in [5, 5.41) is 0. The van der Waals surface area contributed by atoms with E-state index < -0.39 is 11.4 Å². The van der Waals surface area contributed by atoms with E-state index in [0.717, 1.165) is 24.3 Å². The molecular formula is C16H25NO3S. The average Bonchev–Trinajstić information content (AvgIpc) is 2.74. The third kappa shape index (κ3) is 4.53. The van der Waals surface area contributed by atoms with Crippen LogP contribution >= 0.6 is 0 Å². The van der Waals surface area contributed by atoms with Crippen molar-refractivity contribution in [1.29, 1.82) is 0 Å².